The minimum Gasteiger partial charge on any atom is -0.381 e. The molecule has 4 nitrogen and oxygen atoms in total. The average molecular weight is 488 g/mol. The molecule has 1 N–H and O–H groups in total. The van der Waals surface area contributed by atoms with E-state index in [9.17, 15) is 0 Å². The average Bonchev–Trinajstić information content (AvgIpc) is 3.06. The molecule has 0 amide bonds. The van der Waals surface area contributed by atoms with Crippen molar-refractivity contribution in [2.24, 2.45) is 10.9 Å². The summed E-state index contributed by atoms with van der Waals surface area (Å²) in [6.45, 7) is 6.48. The minimum atomic E-state index is 0. The van der Waals surface area contributed by atoms with Gasteiger partial charge in [-0.05, 0) is 46.3 Å². The largest absolute Gasteiger partial charge is 0.381 e. The second-order valence-electron chi connectivity index (χ2n) is 5.04. The van der Waals surface area contributed by atoms with Gasteiger partial charge in [-0.2, -0.15) is 0 Å². The Bertz CT molecular complexity index is 449. The number of nitrogens with zero attached hydrogens (tertiary/aromatic N) is 2. The van der Waals surface area contributed by atoms with Gasteiger partial charge in [-0.3, -0.25) is 0 Å². The molecule has 2 rings (SSSR count). The maximum Gasteiger partial charge on any atom is 0.193 e. The van der Waals surface area contributed by atoms with Gasteiger partial charge in [0.1, 0.15) is 0 Å². The fraction of sp³-hybridized carbons (Fsp3) is 0.643. The van der Waals surface area contributed by atoms with E-state index in [4.69, 9.17) is 9.73 Å². The Morgan fingerprint density at radius 2 is 2.43 bits per heavy atom. The molecule has 21 heavy (non-hydrogen) atoms. The van der Waals surface area contributed by atoms with E-state index in [1.165, 1.54) is 5.56 Å². The monoisotopic (exact) mass is 487 g/mol. The minimum absolute atomic E-state index is 0. The first-order valence-corrected chi connectivity index (χ1v) is 8.66. The number of hydrogen-bond donors (Lipinski definition) is 1. The standard InChI is InChI=1S/C14H22BrN3OS.HI/c1-3-16-14(17-7-12-6-13(15)20-10-12)18(2)8-11-4-5-19-9-11;/h6,10-11H,3-5,7-9H2,1-2H3,(H,16,17);1H. The van der Waals surface area contributed by atoms with E-state index in [0.717, 1.165) is 49.0 Å². The molecule has 2 heterocycles. The maximum atomic E-state index is 5.44. The van der Waals surface area contributed by atoms with Crippen molar-refractivity contribution < 1.29 is 4.74 Å². The molecule has 1 fully saturated rings. The smallest absolute Gasteiger partial charge is 0.193 e. The Morgan fingerprint density at radius 3 is 3.00 bits per heavy atom. The Kier molecular flexibility index (Phi) is 9.15. The van der Waals surface area contributed by atoms with Gasteiger partial charge >= 0.3 is 0 Å². The lowest BCUT2D eigenvalue weighted by molar-refractivity contribution is 0.181. The first-order valence-electron chi connectivity index (χ1n) is 6.99. The number of rotatable bonds is 5. The number of aliphatic imine (C=N–C) groups is 1. The van der Waals surface area contributed by atoms with Crippen molar-refractivity contribution in [3.05, 3.63) is 20.8 Å². The molecule has 1 atom stereocenters. The van der Waals surface area contributed by atoms with E-state index in [0.29, 0.717) is 5.92 Å². The number of halogens is 2. The fourth-order valence-electron chi connectivity index (χ4n) is 2.27. The van der Waals surface area contributed by atoms with Crippen LogP contribution in [-0.2, 0) is 11.3 Å². The van der Waals surface area contributed by atoms with Crippen LogP contribution in [0.2, 0.25) is 0 Å². The molecule has 1 aromatic rings. The Labute approximate surface area is 156 Å². The van der Waals surface area contributed by atoms with Crippen LogP contribution in [0.25, 0.3) is 0 Å². The summed E-state index contributed by atoms with van der Waals surface area (Å²) < 4.78 is 6.60. The van der Waals surface area contributed by atoms with Gasteiger partial charge in [-0.25, -0.2) is 4.99 Å². The number of ether oxygens (including phenoxy) is 1. The zero-order valence-corrected chi connectivity index (χ0v) is 17.2. The summed E-state index contributed by atoms with van der Waals surface area (Å²) >= 11 is 5.19. The van der Waals surface area contributed by atoms with Crippen LogP contribution in [0.1, 0.15) is 18.9 Å². The molecule has 0 bridgehead atoms. The summed E-state index contributed by atoms with van der Waals surface area (Å²) in [7, 11) is 2.10. The van der Waals surface area contributed by atoms with Gasteiger partial charge < -0.3 is 15.0 Å². The zero-order valence-electron chi connectivity index (χ0n) is 12.5. The molecule has 1 aromatic heterocycles. The highest BCUT2D eigenvalue weighted by Gasteiger charge is 2.18. The van der Waals surface area contributed by atoms with Crippen LogP contribution in [0, 0.1) is 5.92 Å². The summed E-state index contributed by atoms with van der Waals surface area (Å²) in [6, 6.07) is 2.13. The van der Waals surface area contributed by atoms with Gasteiger partial charge in [0.25, 0.3) is 0 Å². The molecule has 0 aliphatic carbocycles. The Balaban J connectivity index is 0.00000220. The number of nitrogens with one attached hydrogen (secondary N) is 1. The summed E-state index contributed by atoms with van der Waals surface area (Å²) in [5.41, 5.74) is 1.25. The van der Waals surface area contributed by atoms with Gasteiger partial charge in [-0.1, -0.05) is 0 Å². The molecular formula is C14H23BrIN3OS. The van der Waals surface area contributed by atoms with Crippen LogP contribution < -0.4 is 5.32 Å². The maximum absolute atomic E-state index is 5.44. The topological polar surface area (TPSA) is 36.9 Å². The van der Waals surface area contributed by atoms with E-state index in [1.807, 2.05) is 0 Å². The molecular weight excluding hydrogens is 465 g/mol. The summed E-state index contributed by atoms with van der Waals surface area (Å²) in [6.07, 6.45) is 1.15. The second kappa shape index (κ2) is 10.0. The predicted octanol–water partition coefficient (Wildman–Crippen LogP) is 3.56. The quantitative estimate of drug-likeness (QED) is 0.392. The highest BCUT2D eigenvalue weighted by atomic mass is 127. The number of guanidine groups is 1. The third kappa shape index (κ3) is 6.42. The molecule has 0 aromatic carbocycles. The van der Waals surface area contributed by atoms with Crippen LogP contribution in [0.5, 0.6) is 0 Å². The first-order chi connectivity index (χ1) is 9.69. The summed E-state index contributed by atoms with van der Waals surface area (Å²) in [4.78, 5) is 6.93. The molecule has 0 saturated carbocycles. The summed E-state index contributed by atoms with van der Waals surface area (Å²) in [5.74, 6) is 1.60. The van der Waals surface area contributed by atoms with Gasteiger partial charge in [0.05, 0.1) is 16.9 Å². The van der Waals surface area contributed by atoms with E-state index in [1.54, 1.807) is 11.3 Å². The van der Waals surface area contributed by atoms with Crippen molar-refractivity contribution in [2.45, 2.75) is 19.9 Å². The SMILES string of the molecule is CCNC(=NCc1csc(Br)c1)N(C)CC1CCOC1.I. The van der Waals surface area contributed by atoms with E-state index < -0.39 is 0 Å². The number of thiophene rings is 1. The van der Waals surface area contributed by atoms with E-state index in [-0.39, 0.29) is 24.0 Å². The first kappa shape index (κ1) is 19.2. The highest BCUT2D eigenvalue weighted by molar-refractivity contribution is 14.0. The van der Waals surface area contributed by atoms with Crippen molar-refractivity contribution in [1.29, 1.82) is 0 Å². The second-order valence-corrected chi connectivity index (χ2v) is 7.33. The number of hydrogen-bond acceptors (Lipinski definition) is 3. The molecule has 0 spiro atoms. The van der Waals surface area contributed by atoms with E-state index >= 15 is 0 Å². The van der Waals surface area contributed by atoms with Crippen molar-refractivity contribution in [3.63, 3.8) is 0 Å². The molecule has 120 valence electrons. The van der Waals surface area contributed by atoms with E-state index in [2.05, 4.69) is 51.6 Å². The molecule has 7 heteroatoms. The fourth-order valence-corrected chi connectivity index (χ4v) is 3.47. The van der Waals surface area contributed by atoms with Crippen LogP contribution >= 0.6 is 51.2 Å². The van der Waals surface area contributed by atoms with Crippen LogP contribution in [0.15, 0.2) is 20.2 Å². The van der Waals surface area contributed by atoms with Crippen molar-refractivity contribution >= 4 is 57.2 Å². The molecule has 1 saturated heterocycles. The lowest BCUT2D eigenvalue weighted by Crippen LogP contribution is -2.41. The third-order valence-electron chi connectivity index (χ3n) is 3.29. The van der Waals surface area contributed by atoms with Gasteiger partial charge in [0.2, 0.25) is 0 Å². The van der Waals surface area contributed by atoms with Gasteiger partial charge in [0, 0.05) is 32.7 Å². The van der Waals surface area contributed by atoms with Crippen LogP contribution in [0.3, 0.4) is 0 Å². The third-order valence-corrected chi connectivity index (χ3v) is 4.84. The normalized spacial score (nSPS) is 18.4. The molecule has 1 unspecified atom stereocenters. The lowest BCUT2D eigenvalue weighted by atomic mass is 10.1. The molecule has 1 aliphatic heterocycles. The van der Waals surface area contributed by atoms with Crippen molar-refractivity contribution in [3.8, 4) is 0 Å². The molecule has 1 aliphatic rings. The zero-order chi connectivity index (χ0) is 14.4. The van der Waals surface area contributed by atoms with Crippen LogP contribution in [0.4, 0.5) is 0 Å². The lowest BCUT2D eigenvalue weighted by Gasteiger charge is -2.24. The Morgan fingerprint density at radius 1 is 1.62 bits per heavy atom. The predicted molar refractivity (Wildman–Crippen MR) is 104 cm³/mol. The van der Waals surface area contributed by atoms with Crippen molar-refractivity contribution in [2.75, 3.05) is 33.4 Å². The highest BCUT2D eigenvalue weighted by Crippen LogP contribution is 2.21. The van der Waals surface area contributed by atoms with Gasteiger partial charge in [-0.15, -0.1) is 35.3 Å². The summed E-state index contributed by atoms with van der Waals surface area (Å²) in [5, 5.41) is 5.50. The van der Waals surface area contributed by atoms with Gasteiger partial charge in [0.15, 0.2) is 5.96 Å². The molecule has 0 radical (unpaired) electrons. The Hall–Kier alpha value is 0.140. The van der Waals surface area contributed by atoms with Crippen LogP contribution in [-0.4, -0.2) is 44.2 Å². The van der Waals surface area contributed by atoms with Crippen molar-refractivity contribution in [1.82, 2.24) is 10.2 Å².